The van der Waals surface area contributed by atoms with Crippen LogP contribution in [0.4, 0.5) is 5.95 Å². The van der Waals surface area contributed by atoms with Gasteiger partial charge in [0.2, 0.25) is 5.95 Å². The molecule has 0 saturated carbocycles. The Morgan fingerprint density at radius 3 is 2.76 bits per heavy atom. The fourth-order valence-corrected chi connectivity index (χ4v) is 4.65. The molecular weight excluding hydrogens is 440 g/mol. The van der Waals surface area contributed by atoms with Crippen LogP contribution in [0.2, 0.25) is 5.02 Å². The molecule has 1 fully saturated rings. The highest BCUT2D eigenvalue weighted by Crippen LogP contribution is 2.28. The van der Waals surface area contributed by atoms with Gasteiger partial charge in [0.15, 0.2) is 11.5 Å². The monoisotopic (exact) mass is 464 g/mol. The van der Waals surface area contributed by atoms with Crippen molar-refractivity contribution in [3.8, 4) is 0 Å². The van der Waals surface area contributed by atoms with E-state index in [4.69, 9.17) is 21.3 Å². The van der Waals surface area contributed by atoms with E-state index in [0.717, 1.165) is 28.0 Å². The third-order valence-corrected chi connectivity index (χ3v) is 6.41. The van der Waals surface area contributed by atoms with Crippen LogP contribution < -0.4 is 4.90 Å². The maximum Gasteiger partial charge on any atom is 0.254 e. The van der Waals surface area contributed by atoms with Gasteiger partial charge in [0.1, 0.15) is 6.61 Å². The molecule has 170 valence electrons. The van der Waals surface area contributed by atoms with Crippen LogP contribution in [-0.4, -0.2) is 63.2 Å². The topological polar surface area (TPSA) is 75.9 Å². The number of aromatic nitrogens is 4. The molecule has 1 aliphatic rings. The molecule has 0 aliphatic carbocycles. The number of benzene rings is 2. The molecule has 0 radical (unpaired) electrons. The van der Waals surface area contributed by atoms with E-state index in [1.165, 1.54) is 0 Å². The second kappa shape index (κ2) is 8.61. The smallest absolute Gasteiger partial charge is 0.254 e. The highest BCUT2D eigenvalue weighted by atomic mass is 35.5. The van der Waals surface area contributed by atoms with Gasteiger partial charge < -0.3 is 14.5 Å². The van der Waals surface area contributed by atoms with Crippen LogP contribution in [0.25, 0.3) is 16.6 Å². The molecule has 2 aromatic carbocycles. The first-order valence-corrected chi connectivity index (χ1v) is 11.3. The summed E-state index contributed by atoms with van der Waals surface area (Å²) < 4.78 is 7.30. The number of methoxy groups -OCH3 is 1. The molecule has 0 unspecified atom stereocenters. The molecule has 2 aromatic heterocycles. The van der Waals surface area contributed by atoms with Crippen LogP contribution in [0.1, 0.15) is 28.7 Å². The first-order valence-electron chi connectivity index (χ1n) is 10.9. The zero-order valence-corrected chi connectivity index (χ0v) is 19.6. The molecule has 1 amide bonds. The summed E-state index contributed by atoms with van der Waals surface area (Å²) in [6.45, 7) is 6.22. The fourth-order valence-electron chi connectivity index (χ4n) is 4.49. The Morgan fingerprint density at radius 2 is 2.00 bits per heavy atom. The molecule has 8 nitrogen and oxygen atoms in total. The summed E-state index contributed by atoms with van der Waals surface area (Å²) in [4.78, 5) is 22.3. The summed E-state index contributed by atoms with van der Waals surface area (Å²) >= 11 is 6.25. The van der Waals surface area contributed by atoms with Gasteiger partial charge >= 0.3 is 0 Å². The maximum atomic E-state index is 13.2. The molecule has 3 heterocycles. The quantitative estimate of drug-likeness (QED) is 0.458. The van der Waals surface area contributed by atoms with Crippen molar-refractivity contribution in [3.05, 3.63) is 64.4 Å². The van der Waals surface area contributed by atoms with Gasteiger partial charge in [0.05, 0.1) is 5.52 Å². The van der Waals surface area contributed by atoms with Crippen LogP contribution >= 0.6 is 11.6 Å². The van der Waals surface area contributed by atoms with E-state index in [0.29, 0.717) is 42.7 Å². The van der Waals surface area contributed by atoms with Crippen molar-refractivity contribution >= 4 is 40.0 Å². The number of halogens is 1. The summed E-state index contributed by atoms with van der Waals surface area (Å²) in [7, 11) is 1.63. The third kappa shape index (κ3) is 3.79. The molecular formula is C24H25ClN6O2. The molecule has 9 heteroatoms. The standard InChI is InChI=1S/C24H25ClN6O2/c1-15-6-4-5-7-18(15)23(32)30-11-10-29(13-16(30)2)24-26-20-12-17(25)8-9-19(20)22-28-27-21(14-33-3)31(22)24/h4-9,12,16H,10-11,13-14H2,1-3H3/t16-/m0/s1. The number of piperazine rings is 1. The van der Waals surface area contributed by atoms with Crippen LogP contribution in [0.3, 0.4) is 0 Å². The van der Waals surface area contributed by atoms with E-state index in [-0.39, 0.29) is 11.9 Å². The molecule has 1 aliphatic heterocycles. The second-order valence-electron chi connectivity index (χ2n) is 8.39. The average molecular weight is 465 g/mol. The zero-order chi connectivity index (χ0) is 23.1. The molecule has 1 atom stereocenters. The van der Waals surface area contributed by atoms with E-state index in [1.54, 1.807) is 7.11 Å². The highest BCUT2D eigenvalue weighted by molar-refractivity contribution is 6.31. The number of aryl methyl sites for hydroxylation is 1. The summed E-state index contributed by atoms with van der Waals surface area (Å²) in [5, 5.41) is 10.3. The van der Waals surface area contributed by atoms with E-state index < -0.39 is 0 Å². The highest BCUT2D eigenvalue weighted by Gasteiger charge is 2.31. The predicted molar refractivity (Wildman–Crippen MR) is 128 cm³/mol. The molecule has 0 bridgehead atoms. The van der Waals surface area contributed by atoms with Crippen molar-refractivity contribution in [2.75, 3.05) is 31.6 Å². The minimum atomic E-state index is 0.000111. The minimum Gasteiger partial charge on any atom is -0.377 e. The van der Waals surface area contributed by atoms with Crippen LogP contribution in [-0.2, 0) is 11.3 Å². The first kappa shape index (κ1) is 21.6. The second-order valence-corrected chi connectivity index (χ2v) is 8.83. The Bertz CT molecular complexity index is 1350. The van der Waals surface area contributed by atoms with E-state index in [9.17, 15) is 4.79 Å². The number of ether oxygens (including phenoxy) is 1. The van der Waals surface area contributed by atoms with E-state index in [1.807, 2.05) is 58.7 Å². The molecule has 0 spiro atoms. The van der Waals surface area contributed by atoms with E-state index in [2.05, 4.69) is 22.0 Å². The molecule has 1 saturated heterocycles. The number of amides is 1. The van der Waals surface area contributed by atoms with Gasteiger partial charge in [0, 0.05) is 48.8 Å². The van der Waals surface area contributed by atoms with Crippen molar-refractivity contribution in [3.63, 3.8) is 0 Å². The Balaban J connectivity index is 1.52. The Hall–Kier alpha value is -3.23. The van der Waals surface area contributed by atoms with Gasteiger partial charge in [-0.15, -0.1) is 10.2 Å². The number of rotatable bonds is 4. The summed E-state index contributed by atoms with van der Waals surface area (Å²) in [5.74, 6) is 1.47. The number of fused-ring (bicyclic) bond motifs is 3. The number of nitrogens with zero attached hydrogens (tertiary/aromatic N) is 6. The molecule has 0 N–H and O–H groups in total. The van der Waals surface area contributed by atoms with E-state index >= 15 is 0 Å². The minimum absolute atomic E-state index is 0.000111. The lowest BCUT2D eigenvalue weighted by molar-refractivity contribution is 0.0672. The number of hydrogen-bond acceptors (Lipinski definition) is 6. The summed E-state index contributed by atoms with van der Waals surface area (Å²) in [6.07, 6.45) is 0. The van der Waals surface area contributed by atoms with Crippen LogP contribution in [0, 0.1) is 6.92 Å². The lowest BCUT2D eigenvalue weighted by Crippen LogP contribution is -2.54. The maximum absolute atomic E-state index is 13.2. The first-order chi connectivity index (χ1) is 16.0. The van der Waals surface area contributed by atoms with Crippen molar-refractivity contribution < 1.29 is 9.53 Å². The largest absolute Gasteiger partial charge is 0.377 e. The van der Waals surface area contributed by atoms with Crippen molar-refractivity contribution in [2.24, 2.45) is 0 Å². The van der Waals surface area contributed by atoms with Gasteiger partial charge in [-0.1, -0.05) is 29.8 Å². The van der Waals surface area contributed by atoms with Crippen molar-refractivity contribution in [1.82, 2.24) is 24.5 Å². The average Bonchev–Trinajstić information content (AvgIpc) is 3.22. The van der Waals surface area contributed by atoms with Gasteiger partial charge in [-0.2, -0.15) is 0 Å². The van der Waals surface area contributed by atoms with Crippen LogP contribution in [0.15, 0.2) is 42.5 Å². The SMILES string of the molecule is COCc1nnc2c3ccc(Cl)cc3nc(N3CCN(C(=O)c4ccccc4C)[C@@H](C)C3)n12. The molecule has 5 rings (SSSR count). The zero-order valence-electron chi connectivity index (χ0n) is 18.8. The fraction of sp³-hybridized carbons (Fsp3) is 0.333. The molecule has 4 aromatic rings. The van der Waals surface area contributed by atoms with Gasteiger partial charge in [-0.25, -0.2) is 9.38 Å². The van der Waals surface area contributed by atoms with Gasteiger partial charge in [0.25, 0.3) is 5.91 Å². The predicted octanol–water partition coefficient (Wildman–Crippen LogP) is 3.74. The Labute approximate surface area is 196 Å². The normalized spacial score (nSPS) is 16.7. The van der Waals surface area contributed by atoms with Gasteiger partial charge in [-0.05, 0) is 43.7 Å². The van der Waals surface area contributed by atoms with Gasteiger partial charge in [-0.3, -0.25) is 4.79 Å². The summed E-state index contributed by atoms with van der Waals surface area (Å²) in [5.41, 5.74) is 3.21. The Morgan fingerprint density at radius 1 is 1.18 bits per heavy atom. The lowest BCUT2D eigenvalue weighted by atomic mass is 10.1. The third-order valence-electron chi connectivity index (χ3n) is 6.17. The number of carbonyl (C=O) groups is 1. The number of hydrogen-bond donors (Lipinski definition) is 0. The van der Waals surface area contributed by atoms with Crippen molar-refractivity contribution in [1.29, 1.82) is 0 Å². The Kier molecular flexibility index (Phi) is 5.64. The van der Waals surface area contributed by atoms with Crippen molar-refractivity contribution in [2.45, 2.75) is 26.5 Å². The number of carbonyl (C=O) groups excluding carboxylic acids is 1. The number of anilines is 1. The molecule has 33 heavy (non-hydrogen) atoms. The van der Waals surface area contributed by atoms with Crippen LogP contribution in [0.5, 0.6) is 0 Å². The summed E-state index contributed by atoms with van der Waals surface area (Å²) in [6, 6.07) is 13.3. The lowest BCUT2D eigenvalue weighted by Gasteiger charge is -2.40.